The Morgan fingerprint density at radius 1 is 1.33 bits per heavy atom. The van der Waals surface area contributed by atoms with E-state index in [0.29, 0.717) is 15.2 Å². The van der Waals surface area contributed by atoms with E-state index in [2.05, 4.69) is 10.1 Å². The first-order valence-corrected chi connectivity index (χ1v) is 7.45. The molecule has 0 saturated heterocycles. The van der Waals surface area contributed by atoms with Crippen molar-refractivity contribution in [3.63, 3.8) is 0 Å². The summed E-state index contributed by atoms with van der Waals surface area (Å²) in [6, 6.07) is 4.54. The number of nitrogens with one attached hydrogen (secondary N) is 1. The van der Waals surface area contributed by atoms with Crippen LogP contribution in [0.5, 0.6) is 0 Å². The standard InChI is InChI=1S/C12H12N4O4S/c1-6-11(7(2)20-15-6)21(18,19)16-10-5-8(13)3-4-9(10)14-12(16)17/h3-5H,13H2,1-2H3,(H,14,17). The number of aromatic amines is 1. The van der Waals surface area contributed by atoms with E-state index in [9.17, 15) is 13.2 Å². The molecule has 3 aromatic rings. The molecule has 3 N–H and O–H groups in total. The van der Waals surface area contributed by atoms with Crippen molar-refractivity contribution in [2.45, 2.75) is 18.7 Å². The van der Waals surface area contributed by atoms with E-state index >= 15 is 0 Å². The highest BCUT2D eigenvalue weighted by Gasteiger charge is 2.29. The van der Waals surface area contributed by atoms with Crippen LogP contribution < -0.4 is 11.4 Å². The Morgan fingerprint density at radius 3 is 2.67 bits per heavy atom. The van der Waals surface area contributed by atoms with E-state index in [1.54, 1.807) is 12.1 Å². The minimum Gasteiger partial charge on any atom is -0.399 e. The zero-order valence-corrected chi connectivity index (χ0v) is 12.1. The molecule has 0 radical (unpaired) electrons. The Hall–Kier alpha value is -2.55. The lowest BCUT2D eigenvalue weighted by Gasteiger charge is -2.05. The van der Waals surface area contributed by atoms with E-state index in [0.717, 1.165) is 0 Å². The Labute approximate surface area is 119 Å². The maximum absolute atomic E-state index is 12.7. The van der Waals surface area contributed by atoms with E-state index in [-0.39, 0.29) is 21.9 Å². The summed E-state index contributed by atoms with van der Waals surface area (Å²) >= 11 is 0. The number of aryl methyl sites for hydroxylation is 2. The lowest BCUT2D eigenvalue weighted by atomic mass is 10.3. The second-order valence-electron chi connectivity index (χ2n) is 4.63. The molecule has 0 aliphatic carbocycles. The summed E-state index contributed by atoms with van der Waals surface area (Å²) in [5.74, 6) is 0.123. The van der Waals surface area contributed by atoms with Gasteiger partial charge < -0.3 is 15.2 Å². The first kappa shape index (κ1) is 13.4. The van der Waals surface area contributed by atoms with E-state index in [1.165, 1.54) is 19.9 Å². The number of nitrogens with two attached hydrogens (primary N) is 1. The fraction of sp³-hybridized carbons (Fsp3) is 0.167. The molecule has 8 nitrogen and oxygen atoms in total. The molecule has 0 unspecified atom stereocenters. The van der Waals surface area contributed by atoms with Crippen LogP contribution >= 0.6 is 0 Å². The third kappa shape index (κ3) is 1.85. The summed E-state index contributed by atoms with van der Waals surface area (Å²) in [6.07, 6.45) is 0. The van der Waals surface area contributed by atoms with Crippen LogP contribution in [0.15, 0.2) is 32.4 Å². The van der Waals surface area contributed by atoms with E-state index in [1.807, 2.05) is 0 Å². The van der Waals surface area contributed by atoms with Gasteiger partial charge in [-0.15, -0.1) is 0 Å². The number of aromatic nitrogens is 3. The quantitative estimate of drug-likeness (QED) is 0.673. The van der Waals surface area contributed by atoms with Crippen molar-refractivity contribution in [2.24, 2.45) is 0 Å². The number of nitrogen functional groups attached to an aromatic ring is 1. The van der Waals surface area contributed by atoms with Gasteiger partial charge in [0.15, 0.2) is 10.7 Å². The lowest BCUT2D eigenvalue weighted by Crippen LogP contribution is -2.25. The SMILES string of the molecule is Cc1noc(C)c1S(=O)(=O)n1c(=O)[nH]c2ccc(N)cc21. The fourth-order valence-electron chi connectivity index (χ4n) is 2.27. The number of fused-ring (bicyclic) bond motifs is 1. The maximum Gasteiger partial charge on any atom is 0.340 e. The molecule has 0 amide bonds. The highest BCUT2D eigenvalue weighted by Crippen LogP contribution is 2.24. The average Bonchev–Trinajstić information content (AvgIpc) is 2.88. The minimum atomic E-state index is -4.13. The third-order valence-electron chi connectivity index (χ3n) is 3.13. The van der Waals surface area contributed by atoms with Crippen molar-refractivity contribution in [3.05, 3.63) is 40.1 Å². The number of H-pyrrole nitrogens is 1. The Balaban J connectivity index is 2.42. The van der Waals surface area contributed by atoms with Gasteiger partial charge in [0.25, 0.3) is 10.0 Å². The van der Waals surface area contributed by atoms with Crippen molar-refractivity contribution in [2.75, 3.05) is 5.73 Å². The molecule has 0 aliphatic heterocycles. The number of imidazole rings is 1. The van der Waals surface area contributed by atoms with Gasteiger partial charge in [-0.2, -0.15) is 3.97 Å². The van der Waals surface area contributed by atoms with Gasteiger partial charge in [-0.25, -0.2) is 13.2 Å². The highest BCUT2D eigenvalue weighted by atomic mass is 32.2. The third-order valence-corrected chi connectivity index (χ3v) is 5.07. The number of nitrogens with zero attached hydrogens (tertiary/aromatic N) is 2. The summed E-state index contributed by atoms with van der Waals surface area (Å²) in [5.41, 5.74) is 6.00. The minimum absolute atomic E-state index is 0.118. The van der Waals surface area contributed by atoms with E-state index < -0.39 is 15.7 Å². The van der Waals surface area contributed by atoms with Crippen molar-refractivity contribution >= 4 is 26.7 Å². The van der Waals surface area contributed by atoms with Crippen molar-refractivity contribution < 1.29 is 12.9 Å². The van der Waals surface area contributed by atoms with Gasteiger partial charge in [0, 0.05) is 5.69 Å². The van der Waals surface area contributed by atoms with Gasteiger partial charge in [-0.05, 0) is 32.0 Å². The second kappa shape index (κ2) is 4.22. The van der Waals surface area contributed by atoms with Crippen molar-refractivity contribution in [1.82, 2.24) is 14.1 Å². The van der Waals surface area contributed by atoms with Crippen LogP contribution in [-0.2, 0) is 10.0 Å². The summed E-state index contributed by atoms with van der Waals surface area (Å²) in [4.78, 5) is 14.4. The molecular formula is C12H12N4O4S. The number of benzene rings is 1. The number of anilines is 1. The molecule has 0 bridgehead atoms. The van der Waals surface area contributed by atoms with Gasteiger partial charge in [-0.3, -0.25) is 0 Å². The van der Waals surface area contributed by atoms with Gasteiger partial charge >= 0.3 is 5.69 Å². The fourth-order valence-corrected chi connectivity index (χ4v) is 3.94. The average molecular weight is 308 g/mol. The normalized spacial score (nSPS) is 12.1. The zero-order chi connectivity index (χ0) is 15.4. The summed E-state index contributed by atoms with van der Waals surface area (Å²) in [5, 5.41) is 3.62. The summed E-state index contributed by atoms with van der Waals surface area (Å²) in [7, 11) is -4.13. The molecule has 110 valence electrons. The predicted molar refractivity (Wildman–Crippen MR) is 75.5 cm³/mol. The maximum atomic E-state index is 12.7. The Bertz CT molecular complexity index is 990. The number of rotatable bonds is 2. The van der Waals surface area contributed by atoms with Crippen molar-refractivity contribution in [3.8, 4) is 0 Å². The molecule has 21 heavy (non-hydrogen) atoms. The van der Waals surface area contributed by atoms with Crippen LogP contribution in [0, 0.1) is 13.8 Å². The first-order chi connectivity index (χ1) is 9.82. The lowest BCUT2D eigenvalue weighted by molar-refractivity contribution is 0.390. The molecule has 2 heterocycles. The van der Waals surface area contributed by atoms with Crippen LogP contribution in [0.1, 0.15) is 11.5 Å². The molecule has 0 saturated carbocycles. The molecule has 2 aromatic heterocycles. The molecule has 3 rings (SSSR count). The Kier molecular flexibility index (Phi) is 2.70. The number of hydrogen-bond acceptors (Lipinski definition) is 6. The van der Waals surface area contributed by atoms with Crippen LogP contribution in [0.3, 0.4) is 0 Å². The van der Waals surface area contributed by atoms with Gasteiger partial charge in [-0.1, -0.05) is 5.16 Å². The van der Waals surface area contributed by atoms with Gasteiger partial charge in [0.2, 0.25) is 0 Å². The summed E-state index contributed by atoms with van der Waals surface area (Å²) in [6.45, 7) is 2.97. The molecule has 0 fully saturated rings. The molecule has 0 atom stereocenters. The molecule has 1 aromatic carbocycles. The molecule has 0 spiro atoms. The molecule has 9 heteroatoms. The monoisotopic (exact) mass is 308 g/mol. The highest BCUT2D eigenvalue weighted by molar-refractivity contribution is 7.90. The Morgan fingerprint density at radius 2 is 2.05 bits per heavy atom. The molecule has 0 aliphatic rings. The van der Waals surface area contributed by atoms with Gasteiger partial charge in [0.1, 0.15) is 5.69 Å². The largest absolute Gasteiger partial charge is 0.399 e. The number of hydrogen-bond donors (Lipinski definition) is 2. The first-order valence-electron chi connectivity index (χ1n) is 6.01. The van der Waals surface area contributed by atoms with E-state index in [4.69, 9.17) is 10.3 Å². The van der Waals surface area contributed by atoms with Gasteiger partial charge in [0.05, 0.1) is 11.0 Å². The summed E-state index contributed by atoms with van der Waals surface area (Å²) < 4.78 is 31.0. The zero-order valence-electron chi connectivity index (χ0n) is 11.2. The predicted octanol–water partition coefficient (Wildman–Crippen LogP) is 0.754. The van der Waals surface area contributed by atoms with Crippen LogP contribution in [0.25, 0.3) is 11.0 Å². The van der Waals surface area contributed by atoms with Crippen molar-refractivity contribution in [1.29, 1.82) is 0 Å². The molecular weight excluding hydrogens is 296 g/mol. The second-order valence-corrected chi connectivity index (χ2v) is 6.35. The van der Waals surface area contributed by atoms with Crippen LogP contribution in [-0.4, -0.2) is 22.5 Å². The van der Waals surface area contributed by atoms with Crippen LogP contribution in [0.4, 0.5) is 5.69 Å². The van der Waals surface area contributed by atoms with Crippen LogP contribution in [0.2, 0.25) is 0 Å². The smallest absolute Gasteiger partial charge is 0.340 e. The topological polar surface area (TPSA) is 124 Å².